The maximum Gasteiger partial charge on any atom is 0.146 e. The minimum absolute atomic E-state index is 0.319. The number of ether oxygens (including phenoxy) is 2. The van der Waals surface area contributed by atoms with Gasteiger partial charge in [0, 0.05) is 7.11 Å². The monoisotopic (exact) mass is 331 g/mol. The third-order valence-corrected chi connectivity index (χ3v) is 8.43. The second-order valence-electron chi connectivity index (χ2n) is 9.34. The van der Waals surface area contributed by atoms with Crippen LogP contribution in [-0.4, -0.2) is 20.0 Å². The molecule has 3 nitrogen and oxygen atoms in total. The van der Waals surface area contributed by atoms with Crippen molar-refractivity contribution in [1.29, 1.82) is 5.26 Å². The van der Waals surface area contributed by atoms with Gasteiger partial charge in [0.1, 0.15) is 6.79 Å². The van der Waals surface area contributed by atoms with Gasteiger partial charge >= 0.3 is 0 Å². The van der Waals surface area contributed by atoms with Crippen LogP contribution >= 0.6 is 0 Å². The van der Waals surface area contributed by atoms with Crippen LogP contribution < -0.4 is 0 Å². The average molecular weight is 332 g/mol. The highest BCUT2D eigenvalue weighted by molar-refractivity contribution is 5.09. The van der Waals surface area contributed by atoms with E-state index in [-0.39, 0.29) is 0 Å². The van der Waals surface area contributed by atoms with E-state index in [0.717, 1.165) is 36.0 Å². The van der Waals surface area contributed by atoms with Crippen molar-refractivity contribution in [3.63, 3.8) is 0 Å². The number of hydrogen-bond acceptors (Lipinski definition) is 3. The Kier molecular flexibility index (Phi) is 4.65. The summed E-state index contributed by atoms with van der Waals surface area (Å²) < 4.78 is 11.0. The predicted octanol–water partition coefficient (Wildman–Crippen LogP) is 4.77. The molecular formula is C21H33NO2. The predicted molar refractivity (Wildman–Crippen MR) is 93.0 cm³/mol. The van der Waals surface area contributed by atoms with Crippen molar-refractivity contribution in [3.8, 4) is 6.07 Å². The Labute approximate surface area is 147 Å². The lowest BCUT2D eigenvalue weighted by molar-refractivity contribution is -0.116. The fourth-order valence-corrected chi connectivity index (χ4v) is 7.18. The zero-order valence-corrected chi connectivity index (χ0v) is 15.4. The van der Waals surface area contributed by atoms with Gasteiger partial charge in [-0.15, -0.1) is 0 Å². The third-order valence-electron chi connectivity index (χ3n) is 8.43. The first-order chi connectivity index (χ1) is 11.7. The third kappa shape index (κ3) is 2.71. The van der Waals surface area contributed by atoms with Gasteiger partial charge in [-0.25, -0.2) is 0 Å². The summed E-state index contributed by atoms with van der Waals surface area (Å²) >= 11 is 0. The van der Waals surface area contributed by atoms with E-state index in [1.165, 1.54) is 51.4 Å². The largest absolute Gasteiger partial charge is 0.359 e. The summed E-state index contributed by atoms with van der Waals surface area (Å²) in [4.78, 5) is 0. The molecule has 4 fully saturated rings. The molecule has 0 bridgehead atoms. The van der Waals surface area contributed by atoms with E-state index in [1.807, 2.05) is 0 Å². The molecule has 4 aliphatic rings. The van der Waals surface area contributed by atoms with E-state index in [0.29, 0.717) is 24.2 Å². The van der Waals surface area contributed by atoms with Crippen LogP contribution in [0.4, 0.5) is 0 Å². The lowest BCUT2D eigenvalue weighted by atomic mass is 9.50. The Balaban J connectivity index is 1.44. The van der Waals surface area contributed by atoms with Crippen molar-refractivity contribution >= 4 is 0 Å². The molecule has 0 aliphatic heterocycles. The van der Waals surface area contributed by atoms with Crippen molar-refractivity contribution in [3.05, 3.63) is 0 Å². The van der Waals surface area contributed by atoms with E-state index in [9.17, 15) is 5.26 Å². The maximum atomic E-state index is 9.58. The first kappa shape index (κ1) is 16.9. The fourth-order valence-electron chi connectivity index (χ4n) is 7.18. The molecular weight excluding hydrogens is 298 g/mol. The highest BCUT2D eigenvalue weighted by Gasteiger charge is 2.55. The SMILES string of the molecule is COCO[C@H]1CC[C@@H]2[C@H](CC[C@@H]3C[C@@]4(C)[C@@H](CC[C@@H]4C#N)C[C@H]32)C1. The number of methoxy groups -OCH3 is 1. The summed E-state index contributed by atoms with van der Waals surface area (Å²) in [6.45, 7) is 2.89. The van der Waals surface area contributed by atoms with Crippen molar-refractivity contribution in [2.75, 3.05) is 13.9 Å². The van der Waals surface area contributed by atoms with Crippen LogP contribution in [0.2, 0.25) is 0 Å². The summed E-state index contributed by atoms with van der Waals surface area (Å²) in [5.74, 6) is 4.75. The molecule has 24 heavy (non-hydrogen) atoms. The molecule has 0 heterocycles. The topological polar surface area (TPSA) is 42.2 Å². The van der Waals surface area contributed by atoms with E-state index >= 15 is 0 Å². The summed E-state index contributed by atoms with van der Waals surface area (Å²) in [5.41, 5.74) is 0.321. The molecule has 0 N–H and O–H groups in total. The molecule has 0 aromatic carbocycles. The second kappa shape index (κ2) is 6.61. The van der Waals surface area contributed by atoms with Crippen molar-refractivity contribution in [1.82, 2.24) is 0 Å². The van der Waals surface area contributed by atoms with Gasteiger partial charge in [0.05, 0.1) is 18.1 Å². The highest BCUT2D eigenvalue weighted by atomic mass is 16.7. The Morgan fingerprint density at radius 1 is 1.00 bits per heavy atom. The molecule has 0 radical (unpaired) electrons. The molecule has 0 unspecified atom stereocenters. The van der Waals surface area contributed by atoms with Crippen molar-refractivity contribution in [2.45, 2.75) is 70.8 Å². The highest BCUT2D eigenvalue weighted by Crippen LogP contribution is 2.63. The Morgan fingerprint density at radius 2 is 1.83 bits per heavy atom. The van der Waals surface area contributed by atoms with Gasteiger partial charge in [0.25, 0.3) is 0 Å². The standard InChI is InChI=1S/C21H33NO2/c1-21-11-15-4-3-14-9-18(24-13-23-2)7-8-19(14)20(15)10-16(21)5-6-17(21)12-22/h14-20H,3-11,13H2,1-2H3/t14-,15-,16+,17-,18+,19-,20-,21+/m1/s1. The molecule has 3 heteroatoms. The van der Waals surface area contributed by atoms with Gasteiger partial charge in [-0.2, -0.15) is 5.26 Å². The van der Waals surface area contributed by atoms with Gasteiger partial charge in [0.15, 0.2) is 0 Å². The average Bonchev–Trinajstić information content (AvgIpc) is 2.92. The summed E-state index contributed by atoms with van der Waals surface area (Å²) in [7, 11) is 1.71. The van der Waals surface area contributed by atoms with Crippen molar-refractivity contribution < 1.29 is 9.47 Å². The van der Waals surface area contributed by atoms with Crippen LogP contribution in [0.25, 0.3) is 0 Å². The first-order valence-electron chi connectivity index (χ1n) is 10.2. The second-order valence-corrected chi connectivity index (χ2v) is 9.34. The lowest BCUT2D eigenvalue weighted by Gasteiger charge is -2.55. The molecule has 0 saturated heterocycles. The van der Waals surface area contributed by atoms with Gasteiger partial charge in [-0.1, -0.05) is 6.92 Å². The molecule has 134 valence electrons. The quantitative estimate of drug-likeness (QED) is 0.700. The minimum Gasteiger partial charge on any atom is -0.359 e. The van der Waals surface area contributed by atoms with Gasteiger partial charge in [0.2, 0.25) is 0 Å². The molecule has 0 aromatic rings. The number of rotatable bonds is 3. The molecule has 0 amide bonds. The minimum atomic E-state index is 0.319. The molecule has 0 spiro atoms. The molecule has 4 aliphatic carbocycles. The summed E-state index contributed by atoms with van der Waals surface area (Å²) in [6, 6.07) is 2.65. The molecule has 4 saturated carbocycles. The van der Waals surface area contributed by atoms with E-state index < -0.39 is 0 Å². The maximum absolute atomic E-state index is 9.58. The zero-order valence-electron chi connectivity index (χ0n) is 15.4. The Hall–Kier alpha value is -0.590. The smallest absolute Gasteiger partial charge is 0.146 e. The Morgan fingerprint density at radius 3 is 2.62 bits per heavy atom. The number of nitriles is 1. The number of hydrogen-bond donors (Lipinski definition) is 0. The molecule has 4 rings (SSSR count). The number of nitrogens with zero attached hydrogens (tertiary/aromatic N) is 1. The van der Waals surface area contributed by atoms with E-state index in [1.54, 1.807) is 7.11 Å². The Bertz CT molecular complexity index is 501. The van der Waals surface area contributed by atoms with E-state index in [2.05, 4.69) is 13.0 Å². The van der Waals surface area contributed by atoms with E-state index in [4.69, 9.17) is 9.47 Å². The van der Waals surface area contributed by atoms with Crippen LogP contribution in [0.5, 0.6) is 0 Å². The van der Waals surface area contributed by atoms with Crippen LogP contribution in [-0.2, 0) is 9.47 Å². The first-order valence-corrected chi connectivity index (χ1v) is 10.2. The van der Waals surface area contributed by atoms with Crippen LogP contribution in [0.1, 0.15) is 64.7 Å². The van der Waals surface area contributed by atoms with Gasteiger partial charge < -0.3 is 9.47 Å². The normalized spacial score (nSPS) is 50.5. The summed E-state index contributed by atoms with van der Waals surface area (Å²) in [6.07, 6.45) is 12.2. The van der Waals surface area contributed by atoms with Crippen LogP contribution in [0.15, 0.2) is 0 Å². The van der Waals surface area contributed by atoms with Gasteiger partial charge in [-0.05, 0) is 92.8 Å². The zero-order chi connectivity index (χ0) is 16.7. The summed E-state index contributed by atoms with van der Waals surface area (Å²) in [5, 5.41) is 9.58. The number of fused-ring (bicyclic) bond motifs is 4. The van der Waals surface area contributed by atoms with Crippen LogP contribution in [0.3, 0.4) is 0 Å². The van der Waals surface area contributed by atoms with Crippen molar-refractivity contribution in [2.24, 2.45) is 40.9 Å². The molecule has 0 aromatic heterocycles. The lowest BCUT2D eigenvalue weighted by Crippen LogP contribution is -2.47. The van der Waals surface area contributed by atoms with Gasteiger partial charge in [-0.3, -0.25) is 0 Å². The van der Waals surface area contributed by atoms with Crippen LogP contribution in [0, 0.1) is 52.3 Å². The fraction of sp³-hybridized carbons (Fsp3) is 0.952. The molecule has 8 atom stereocenters.